The van der Waals surface area contributed by atoms with E-state index in [2.05, 4.69) is 10.6 Å². The summed E-state index contributed by atoms with van der Waals surface area (Å²) in [6.07, 6.45) is 3.74. The fourth-order valence-corrected chi connectivity index (χ4v) is 3.94. The van der Waals surface area contributed by atoms with E-state index in [9.17, 15) is 9.59 Å². The van der Waals surface area contributed by atoms with Gasteiger partial charge in [-0.2, -0.15) is 0 Å². The summed E-state index contributed by atoms with van der Waals surface area (Å²) in [7, 11) is 3.10. The van der Waals surface area contributed by atoms with Gasteiger partial charge >= 0.3 is 0 Å². The first kappa shape index (κ1) is 20.4. The van der Waals surface area contributed by atoms with Gasteiger partial charge in [0, 0.05) is 18.3 Å². The summed E-state index contributed by atoms with van der Waals surface area (Å²) >= 11 is 0. The van der Waals surface area contributed by atoms with Gasteiger partial charge in [-0.3, -0.25) is 9.59 Å². The fraction of sp³-hybridized carbons (Fsp3) is 0.600. The smallest absolute Gasteiger partial charge is 0.250 e. The second-order valence-electron chi connectivity index (χ2n) is 7.36. The fourth-order valence-electron chi connectivity index (χ4n) is 3.94. The molecule has 0 spiro atoms. The van der Waals surface area contributed by atoms with Crippen LogP contribution in [0.2, 0.25) is 0 Å². The van der Waals surface area contributed by atoms with Crippen LogP contribution in [0, 0.1) is 0 Å². The molecule has 1 aromatic rings. The molecule has 1 heterocycles. The van der Waals surface area contributed by atoms with E-state index in [1.165, 1.54) is 0 Å². The number of benzene rings is 1. The summed E-state index contributed by atoms with van der Waals surface area (Å²) in [5, 5.41) is 5.89. The van der Waals surface area contributed by atoms with Gasteiger partial charge in [-0.05, 0) is 37.8 Å². The van der Waals surface area contributed by atoms with Crippen LogP contribution in [-0.2, 0) is 14.3 Å². The Morgan fingerprint density at radius 2 is 1.89 bits per heavy atom. The Bertz CT molecular complexity index is 718. The van der Waals surface area contributed by atoms with E-state index in [0.29, 0.717) is 43.0 Å². The molecule has 0 unspecified atom stereocenters. The van der Waals surface area contributed by atoms with Gasteiger partial charge in [-0.25, -0.2) is 0 Å². The summed E-state index contributed by atoms with van der Waals surface area (Å²) in [6.45, 7) is 0.398. The second-order valence-corrected chi connectivity index (χ2v) is 7.36. The van der Waals surface area contributed by atoms with Gasteiger partial charge in [0.2, 0.25) is 11.8 Å². The zero-order chi connectivity index (χ0) is 20.1. The highest BCUT2D eigenvalue weighted by molar-refractivity contribution is 6.01. The monoisotopic (exact) mass is 391 g/mol. The molecule has 1 aromatic carbocycles. The van der Waals surface area contributed by atoms with Crippen LogP contribution in [0.1, 0.15) is 38.5 Å². The Morgan fingerprint density at radius 3 is 2.50 bits per heavy atom. The van der Waals surface area contributed by atoms with Gasteiger partial charge < -0.3 is 30.6 Å². The minimum absolute atomic E-state index is 0.0872. The van der Waals surface area contributed by atoms with Crippen molar-refractivity contribution in [3.05, 3.63) is 18.2 Å². The zero-order valence-corrected chi connectivity index (χ0v) is 16.5. The van der Waals surface area contributed by atoms with Crippen LogP contribution < -0.4 is 25.8 Å². The van der Waals surface area contributed by atoms with E-state index in [0.717, 1.165) is 19.3 Å². The number of carbonyl (C=O) groups is 2. The number of rotatable bonds is 7. The number of carbonyl (C=O) groups excluding carboxylic acids is 2. The van der Waals surface area contributed by atoms with E-state index < -0.39 is 11.6 Å². The molecule has 1 saturated carbocycles. The molecule has 2 aliphatic rings. The van der Waals surface area contributed by atoms with Crippen molar-refractivity contribution in [3.63, 3.8) is 0 Å². The van der Waals surface area contributed by atoms with Gasteiger partial charge in [0.05, 0.1) is 20.3 Å². The van der Waals surface area contributed by atoms with Crippen LogP contribution >= 0.6 is 0 Å². The van der Waals surface area contributed by atoms with Crippen molar-refractivity contribution in [2.75, 3.05) is 26.1 Å². The van der Waals surface area contributed by atoms with Crippen molar-refractivity contribution in [1.29, 1.82) is 0 Å². The Morgan fingerprint density at radius 1 is 1.18 bits per heavy atom. The maximum atomic E-state index is 13.1. The summed E-state index contributed by atoms with van der Waals surface area (Å²) in [5.74, 6) is 0.647. The molecule has 0 aromatic heterocycles. The van der Waals surface area contributed by atoms with Crippen molar-refractivity contribution in [1.82, 2.24) is 5.32 Å². The highest BCUT2D eigenvalue weighted by Crippen LogP contribution is 2.34. The Labute approximate surface area is 165 Å². The molecule has 2 atom stereocenters. The molecular weight excluding hydrogens is 362 g/mol. The molecule has 4 N–H and O–H groups in total. The van der Waals surface area contributed by atoms with Crippen molar-refractivity contribution in [3.8, 4) is 11.5 Å². The lowest BCUT2D eigenvalue weighted by atomic mass is 9.95. The molecule has 2 fully saturated rings. The van der Waals surface area contributed by atoms with Gasteiger partial charge in [0.25, 0.3) is 0 Å². The molecule has 2 amide bonds. The Hall–Kier alpha value is -2.32. The number of nitrogens with one attached hydrogen (secondary N) is 2. The molecule has 28 heavy (non-hydrogen) atoms. The number of amides is 2. The van der Waals surface area contributed by atoms with Crippen LogP contribution in [0.4, 0.5) is 5.69 Å². The van der Waals surface area contributed by atoms with E-state index in [1.54, 1.807) is 32.4 Å². The summed E-state index contributed by atoms with van der Waals surface area (Å²) < 4.78 is 16.2. The first-order chi connectivity index (χ1) is 13.5. The Balaban J connectivity index is 1.71. The SMILES string of the molecule is COc1ccc(NC(=O)C2(NC(=O)[C@@H]3CC[C@H](CN)O3)CCCC2)cc1OC. The molecule has 0 bridgehead atoms. The van der Waals surface area contributed by atoms with Crippen LogP contribution in [0.15, 0.2) is 18.2 Å². The maximum Gasteiger partial charge on any atom is 0.250 e. The van der Waals surface area contributed by atoms with Crippen molar-refractivity contribution in [2.24, 2.45) is 5.73 Å². The van der Waals surface area contributed by atoms with Crippen LogP contribution in [0.3, 0.4) is 0 Å². The first-order valence-electron chi connectivity index (χ1n) is 9.72. The molecular formula is C20H29N3O5. The average molecular weight is 391 g/mol. The highest BCUT2D eigenvalue weighted by atomic mass is 16.5. The minimum atomic E-state index is -0.922. The zero-order valence-electron chi connectivity index (χ0n) is 16.5. The third-order valence-electron chi connectivity index (χ3n) is 5.56. The van der Waals surface area contributed by atoms with Gasteiger partial charge in [-0.15, -0.1) is 0 Å². The average Bonchev–Trinajstić information content (AvgIpc) is 3.38. The standard InChI is InChI=1S/C20H29N3O5/c1-26-15-7-5-13(11-17(15)27-2)22-19(25)20(9-3-4-10-20)23-18(24)16-8-6-14(12-21)28-16/h5,7,11,14,16H,3-4,6,8-10,12,21H2,1-2H3,(H,22,25)(H,23,24)/t14-,16+/m1/s1. The lowest BCUT2D eigenvalue weighted by Crippen LogP contribution is -2.57. The first-order valence-corrected chi connectivity index (χ1v) is 9.72. The lowest BCUT2D eigenvalue weighted by Gasteiger charge is -2.30. The number of hydrogen-bond acceptors (Lipinski definition) is 6. The van der Waals surface area contributed by atoms with Crippen molar-refractivity contribution >= 4 is 17.5 Å². The number of anilines is 1. The molecule has 0 radical (unpaired) electrons. The minimum Gasteiger partial charge on any atom is -0.493 e. The van der Waals surface area contributed by atoms with Gasteiger partial charge in [0.1, 0.15) is 11.6 Å². The lowest BCUT2D eigenvalue weighted by molar-refractivity contribution is -0.137. The van der Waals surface area contributed by atoms with E-state index in [4.69, 9.17) is 19.9 Å². The van der Waals surface area contributed by atoms with Crippen LogP contribution in [-0.4, -0.2) is 50.3 Å². The van der Waals surface area contributed by atoms with Crippen LogP contribution in [0.5, 0.6) is 11.5 Å². The Kier molecular flexibility index (Phi) is 6.41. The molecule has 1 aliphatic heterocycles. The van der Waals surface area contributed by atoms with E-state index in [1.807, 2.05) is 0 Å². The maximum absolute atomic E-state index is 13.1. The summed E-state index contributed by atoms with van der Waals surface area (Å²) in [6, 6.07) is 5.18. The van der Waals surface area contributed by atoms with Crippen LogP contribution in [0.25, 0.3) is 0 Å². The summed E-state index contributed by atoms with van der Waals surface area (Å²) in [4.78, 5) is 25.8. The molecule has 8 nitrogen and oxygen atoms in total. The predicted molar refractivity (Wildman–Crippen MR) is 104 cm³/mol. The van der Waals surface area contributed by atoms with E-state index in [-0.39, 0.29) is 17.9 Å². The van der Waals surface area contributed by atoms with Crippen molar-refractivity contribution in [2.45, 2.75) is 56.3 Å². The number of ether oxygens (including phenoxy) is 3. The second kappa shape index (κ2) is 8.79. The number of nitrogens with two attached hydrogens (primary N) is 1. The van der Waals surface area contributed by atoms with E-state index >= 15 is 0 Å². The number of hydrogen-bond donors (Lipinski definition) is 3. The third-order valence-corrected chi connectivity index (χ3v) is 5.56. The highest BCUT2D eigenvalue weighted by Gasteiger charge is 2.44. The summed E-state index contributed by atoms with van der Waals surface area (Å²) in [5.41, 5.74) is 5.29. The molecule has 3 rings (SSSR count). The molecule has 1 saturated heterocycles. The number of methoxy groups -OCH3 is 2. The third kappa shape index (κ3) is 4.23. The quantitative estimate of drug-likeness (QED) is 0.651. The van der Waals surface area contributed by atoms with Crippen molar-refractivity contribution < 1.29 is 23.8 Å². The largest absolute Gasteiger partial charge is 0.493 e. The molecule has 154 valence electrons. The molecule has 1 aliphatic carbocycles. The molecule has 8 heteroatoms. The normalized spacial score (nSPS) is 23.2. The van der Waals surface area contributed by atoms with Gasteiger partial charge in [0.15, 0.2) is 11.5 Å². The predicted octanol–water partition coefficient (Wildman–Crippen LogP) is 1.58. The van der Waals surface area contributed by atoms with Gasteiger partial charge in [-0.1, -0.05) is 12.8 Å². The topological polar surface area (TPSA) is 112 Å².